The van der Waals surface area contributed by atoms with E-state index in [1.807, 2.05) is 0 Å². The molecule has 1 heterocycles. The van der Waals surface area contributed by atoms with Crippen molar-refractivity contribution in [3.05, 3.63) is 0 Å². The molecule has 0 bridgehead atoms. The van der Waals surface area contributed by atoms with Crippen molar-refractivity contribution in [2.45, 2.75) is 45.1 Å². The predicted molar refractivity (Wildman–Crippen MR) is 73.7 cm³/mol. The average molecular weight is 273 g/mol. The van der Waals surface area contributed by atoms with E-state index in [4.69, 9.17) is 0 Å². The summed E-state index contributed by atoms with van der Waals surface area (Å²) in [7, 11) is 0. The van der Waals surface area contributed by atoms with Crippen molar-refractivity contribution in [2.24, 2.45) is 5.92 Å². The summed E-state index contributed by atoms with van der Waals surface area (Å²) < 4.78 is 0. The van der Waals surface area contributed by atoms with E-state index in [1.165, 1.54) is 0 Å². The van der Waals surface area contributed by atoms with Crippen LogP contribution in [0.25, 0.3) is 0 Å². The molecule has 1 rings (SSSR count). The number of Topliss-reactive ketones (excluding diaryl/α,β-unsaturated/α-hetero) is 1. The molecule has 0 aliphatic carbocycles. The molecule has 0 aromatic rings. The number of aliphatic hydroxyl groups is 1. The van der Waals surface area contributed by atoms with Crippen LogP contribution in [0.3, 0.4) is 0 Å². The zero-order valence-electron chi connectivity index (χ0n) is 11.2. The van der Waals surface area contributed by atoms with Crippen LogP contribution < -0.4 is 0 Å². The summed E-state index contributed by atoms with van der Waals surface area (Å²) in [5.41, 5.74) is -1.23. The Balaban J connectivity index is 2.50. The summed E-state index contributed by atoms with van der Waals surface area (Å²) in [6, 6.07) is 0. The van der Waals surface area contributed by atoms with Crippen molar-refractivity contribution in [2.75, 3.05) is 18.8 Å². The molecule has 1 aliphatic rings. The summed E-state index contributed by atoms with van der Waals surface area (Å²) in [6.45, 7) is 4.54. The Morgan fingerprint density at radius 3 is 2.33 bits per heavy atom. The van der Waals surface area contributed by atoms with Gasteiger partial charge < -0.3 is 10.0 Å². The molecular formula is C13H23NO3S. The van der Waals surface area contributed by atoms with Crippen molar-refractivity contribution in [1.82, 2.24) is 4.90 Å². The normalized spacial score (nSPS) is 19.1. The van der Waals surface area contributed by atoms with Gasteiger partial charge in [-0.05, 0) is 12.2 Å². The van der Waals surface area contributed by atoms with Gasteiger partial charge in [-0.1, -0.05) is 13.8 Å². The van der Waals surface area contributed by atoms with Crippen LogP contribution >= 0.6 is 12.6 Å². The Bertz CT molecular complexity index is 309. The highest BCUT2D eigenvalue weighted by atomic mass is 32.1. The molecule has 0 aromatic carbocycles. The number of carbonyl (C=O) groups is 2. The summed E-state index contributed by atoms with van der Waals surface area (Å²) in [6.07, 6.45) is 1.99. The number of likely N-dealkylation sites (tertiary alicyclic amines) is 1. The maximum atomic E-state index is 11.9. The van der Waals surface area contributed by atoms with Crippen LogP contribution in [-0.2, 0) is 9.59 Å². The van der Waals surface area contributed by atoms with Crippen molar-refractivity contribution in [3.8, 4) is 0 Å². The minimum atomic E-state index is -1.23. The predicted octanol–water partition coefficient (Wildman–Crippen LogP) is 1.27. The first-order valence-corrected chi connectivity index (χ1v) is 7.19. The van der Waals surface area contributed by atoms with Crippen LogP contribution in [0.15, 0.2) is 0 Å². The van der Waals surface area contributed by atoms with E-state index < -0.39 is 5.60 Å². The van der Waals surface area contributed by atoms with Gasteiger partial charge in [0, 0.05) is 38.3 Å². The van der Waals surface area contributed by atoms with Gasteiger partial charge in [-0.15, -0.1) is 0 Å². The molecule has 1 saturated heterocycles. The first-order chi connectivity index (χ1) is 8.40. The van der Waals surface area contributed by atoms with E-state index in [2.05, 4.69) is 12.6 Å². The lowest BCUT2D eigenvalue weighted by molar-refractivity contribution is -0.150. The SMILES string of the molecule is CC(C)C(=O)C1(O)CCN(C(=O)CCCS)CC1. The molecule has 1 amide bonds. The second-order valence-corrected chi connectivity index (χ2v) is 5.71. The number of carbonyl (C=O) groups excluding carboxylic acids is 2. The highest BCUT2D eigenvalue weighted by Gasteiger charge is 2.40. The molecular weight excluding hydrogens is 250 g/mol. The number of hydrogen-bond acceptors (Lipinski definition) is 4. The number of ketones is 1. The first kappa shape index (κ1) is 15.5. The van der Waals surface area contributed by atoms with Gasteiger partial charge in [0.05, 0.1) is 0 Å². The van der Waals surface area contributed by atoms with Gasteiger partial charge in [-0.3, -0.25) is 9.59 Å². The lowest BCUT2D eigenvalue weighted by Crippen LogP contribution is -2.52. The van der Waals surface area contributed by atoms with Gasteiger partial charge in [0.2, 0.25) is 5.91 Å². The largest absolute Gasteiger partial charge is 0.382 e. The Kier molecular flexibility index (Phi) is 5.66. The average Bonchev–Trinajstić information content (AvgIpc) is 2.35. The molecule has 18 heavy (non-hydrogen) atoms. The van der Waals surface area contributed by atoms with Gasteiger partial charge in [-0.2, -0.15) is 12.6 Å². The summed E-state index contributed by atoms with van der Waals surface area (Å²) >= 11 is 4.08. The lowest BCUT2D eigenvalue weighted by Gasteiger charge is -2.38. The number of piperidine rings is 1. The third kappa shape index (κ3) is 3.72. The van der Waals surface area contributed by atoms with Crippen LogP contribution in [-0.4, -0.2) is 46.1 Å². The van der Waals surface area contributed by atoms with Crippen molar-refractivity contribution in [1.29, 1.82) is 0 Å². The number of rotatable bonds is 5. The highest BCUT2D eigenvalue weighted by Crippen LogP contribution is 2.26. The minimum Gasteiger partial charge on any atom is -0.382 e. The van der Waals surface area contributed by atoms with E-state index in [1.54, 1.807) is 18.7 Å². The molecule has 0 saturated carbocycles. The molecule has 1 fully saturated rings. The summed E-state index contributed by atoms with van der Waals surface area (Å²) in [5.74, 6) is 0.532. The highest BCUT2D eigenvalue weighted by molar-refractivity contribution is 7.80. The number of amides is 1. The van der Waals surface area contributed by atoms with Crippen LogP contribution in [0.2, 0.25) is 0 Å². The summed E-state index contributed by atoms with van der Waals surface area (Å²) in [5, 5.41) is 10.3. The molecule has 1 aliphatic heterocycles. The van der Waals surface area contributed by atoms with E-state index in [9.17, 15) is 14.7 Å². The molecule has 0 aromatic heterocycles. The smallest absolute Gasteiger partial charge is 0.222 e. The maximum absolute atomic E-state index is 11.9. The molecule has 104 valence electrons. The molecule has 0 unspecified atom stereocenters. The second kappa shape index (κ2) is 6.57. The fourth-order valence-electron chi connectivity index (χ4n) is 2.30. The third-order valence-corrected chi connectivity index (χ3v) is 3.79. The molecule has 1 N–H and O–H groups in total. The Labute approximate surface area is 114 Å². The number of hydrogen-bond donors (Lipinski definition) is 2. The standard InChI is InChI=1S/C13H23NO3S/c1-10(2)12(16)13(17)5-7-14(8-6-13)11(15)4-3-9-18/h10,17-18H,3-9H2,1-2H3. The van der Waals surface area contributed by atoms with Crippen LogP contribution in [0.4, 0.5) is 0 Å². The Morgan fingerprint density at radius 2 is 1.89 bits per heavy atom. The first-order valence-electron chi connectivity index (χ1n) is 6.56. The molecule has 0 atom stereocenters. The number of thiol groups is 1. The van der Waals surface area contributed by atoms with Gasteiger partial charge >= 0.3 is 0 Å². The second-order valence-electron chi connectivity index (χ2n) is 5.26. The summed E-state index contributed by atoms with van der Waals surface area (Å²) in [4.78, 5) is 25.4. The quantitative estimate of drug-likeness (QED) is 0.742. The van der Waals surface area contributed by atoms with E-state index in [0.29, 0.717) is 38.1 Å². The van der Waals surface area contributed by atoms with Gasteiger partial charge in [0.25, 0.3) is 0 Å². The third-order valence-electron chi connectivity index (χ3n) is 3.48. The molecule has 5 heteroatoms. The minimum absolute atomic E-state index is 0.100. The van der Waals surface area contributed by atoms with Crippen LogP contribution in [0.1, 0.15) is 39.5 Å². The maximum Gasteiger partial charge on any atom is 0.222 e. The van der Waals surface area contributed by atoms with Gasteiger partial charge in [0.1, 0.15) is 5.60 Å². The fourth-order valence-corrected chi connectivity index (χ4v) is 2.46. The van der Waals surface area contributed by atoms with Crippen LogP contribution in [0.5, 0.6) is 0 Å². The zero-order valence-corrected chi connectivity index (χ0v) is 12.1. The van der Waals surface area contributed by atoms with Gasteiger partial charge in [-0.25, -0.2) is 0 Å². The molecule has 4 nitrogen and oxygen atoms in total. The molecule has 0 radical (unpaired) electrons. The van der Waals surface area contributed by atoms with Crippen LogP contribution in [0, 0.1) is 5.92 Å². The molecule has 0 spiro atoms. The zero-order chi connectivity index (χ0) is 13.8. The fraction of sp³-hybridized carbons (Fsp3) is 0.846. The topological polar surface area (TPSA) is 57.6 Å². The van der Waals surface area contributed by atoms with Crippen molar-refractivity contribution >= 4 is 24.3 Å². The van der Waals surface area contributed by atoms with Crippen molar-refractivity contribution in [3.63, 3.8) is 0 Å². The number of nitrogens with zero attached hydrogens (tertiary/aromatic N) is 1. The van der Waals surface area contributed by atoms with E-state index in [-0.39, 0.29) is 17.6 Å². The Hall–Kier alpha value is -0.550. The Morgan fingerprint density at radius 1 is 1.33 bits per heavy atom. The monoisotopic (exact) mass is 273 g/mol. The van der Waals surface area contributed by atoms with Crippen molar-refractivity contribution < 1.29 is 14.7 Å². The van der Waals surface area contributed by atoms with Gasteiger partial charge in [0.15, 0.2) is 5.78 Å². The van der Waals surface area contributed by atoms with E-state index in [0.717, 1.165) is 6.42 Å². The lowest BCUT2D eigenvalue weighted by atomic mass is 9.82. The van der Waals surface area contributed by atoms with E-state index >= 15 is 0 Å².